The largest absolute Gasteiger partial charge is 0.494 e. The molecule has 1 aliphatic heterocycles. The van der Waals surface area contributed by atoms with E-state index in [0.29, 0.717) is 0 Å². The third-order valence-electron chi connectivity index (χ3n) is 4.21. The van der Waals surface area contributed by atoms with Gasteiger partial charge in [0.2, 0.25) is 5.88 Å². The van der Waals surface area contributed by atoms with Gasteiger partial charge in [0.1, 0.15) is 11.1 Å². The molecule has 1 aromatic rings. The van der Waals surface area contributed by atoms with Gasteiger partial charge < -0.3 is 16.6 Å². The highest BCUT2D eigenvalue weighted by Gasteiger charge is 2.30. The van der Waals surface area contributed by atoms with E-state index in [0.717, 1.165) is 0 Å². The van der Waals surface area contributed by atoms with E-state index in [9.17, 15) is 29.1 Å². The number of allylic oxidation sites excluding steroid dienone is 4. The van der Waals surface area contributed by atoms with Gasteiger partial charge in [0.05, 0.1) is 0 Å². The Bertz CT molecular complexity index is 1120. The molecule has 0 saturated carbocycles. The Balaban J connectivity index is 2.34. The second-order valence-electron chi connectivity index (χ2n) is 6.05. The van der Waals surface area contributed by atoms with Gasteiger partial charge in [-0.3, -0.25) is 34.3 Å². The molecule has 0 radical (unpaired) electrons. The molecule has 10 heteroatoms. The predicted molar refractivity (Wildman–Crippen MR) is 103 cm³/mol. The average molecular weight is 398 g/mol. The minimum atomic E-state index is -0.949. The Hall–Kier alpha value is -4.21. The highest BCUT2D eigenvalue weighted by molar-refractivity contribution is 6.27. The number of aromatic hydroxyl groups is 1. The first kappa shape index (κ1) is 21.1. The predicted octanol–water partition coefficient (Wildman–Crippen LogP) is -0.558. The summed E-state index contributed by atoms with van der Waals surface area (Å²) < 4.78 is 0. The van der Waals surface area contributed by atoms with Gasteiger partial charge in [-0.25, -0.2) is 0 Å². The first-order valence-corrected chi connectivity index (χ1v) is 8.23. The molecule has 0 aromatic carbocycles. The maximum atomic E-state index is 12.0. The van der Waals surface area contributed by atoms with Crippen molar-refractivity contribution in [3.63, 3.8) is 0 Å². The Morgan fingerprint density at radius 2 is 1.62 bits per heavy atom. The maximum absolute atomic E-state index is 12.0. The SMILES string of the molecule is CC1=C(C(N)=O)C(=O)NC(=O)C1=CC=CC=Cc1c(C)c(C(N)=O)c(O)[nH]c1=O. The number of aromatic amines is 1. The molecule has 2 heterocycles. The lowest BCUT2D eigenvalue weighted by Gasteiger charge is -2.17. The van der Waals surface area contributed by atoms with Crippen molar-refractivity contribution in [1.29, 1.82) is 0 Å². The Morgan fingerprint density at radius 1 is 0.966 bits per heavy atom. The summed E-state index contributed by atoms with van der Waals surface area (Å²) in [6.45, 7) is 2.89. The molecule has 29 heavy (non-hydrogen) atoms. The van der Waals surface area contributed by atoms with Crippen LogP contribution in [0, 0.1) is 6.92 Å². The van der Waals surface area contributed by atoms with E-state index in [2.05, 4.69) is 4.98 Å². The van der Waals surface area contributed by atoms with E-state index in [1.165, 1.54) is 44.2 Å². The summed E-state index contributed by atoms with van der Waals surface area (Å²) in [5.41, 5.74) is 9.79. The van der Waals surface area contributed by atoms with Crippen LogP contribution >= 0.6 is 0 Å². The summed E-state index contributed by atoms with van der Waals surface area (Å²) in [5.74, 6) is -3.98. The zero-order valence-electron chi connectivity index (χ0n) is 15.5. The lowest BCUT2D eigenvalue weighted by atomic mass is 9.95. The van der Waals surface area contributed by atoms with Gasteiger partial charge in [0.15, 0.2) is 0 Å². The number of primary amides is 2. The molecule has 0 fully saturated rings. The molecule has 7 N–H and O–H groups in total. The number of carbonyl (C=O) groups excluding carboxylic acids is 4. The number of carbonyl (C=O) groups is 4. The van der Waals surface area contributed by atoms with Crippen LogP contribution in [0.2, 0.25) is 0 Å². The first-order chi connectivity index (χ1) is 13.6. The number of hydrogen-bond donors (Lipinski definition) is 5. The van der Waals surface area contributed by atoms with E-state index >= 15 is 0 Å². The quantitative estimate of drug-likeness (QED) is 0.191. The van der Waals surface area contributed by atoms with Crippen LogP contribution in [-0.2, 0) is 14.4 Å². The lowest BCUT2D eigenvalue weighted by Crippen LogP contribution is -2.41. The van der Waals surface area contributed by atoms with E-state index in [-0.39, 0.29) is 33.4 Å². The summed E-state index contributed by atoms with van der Waals surface area (Å²) >= 11 is 0. The van der Waals surface area contributed by atoms with Crippen LogP contribution in [0.5, 0.6) is 5.88 Å². The number of aromatic nitrogens is 1. The van der Waals surface area contributed by atoms with Crippen molar-refractivity contribution in [3.05, 3.63) is 68.1 Å². The molecular formula is C19H18N4O6. The molecule has 0 unspecified atom stereocenters. The van der Waals surface area contributed by atoms with E-state index in [4.69, 9.17) is 11.5 Å². The van der Waals surface area contributed by atoms with Gasteiger partial charge in [-0.1, -0.05) is 18.2 Å². The van der Waals surface area contributed by atoms with Gasteiger partial charge in [0.25, 0.3) is 29.2 Å². The van der Waals surface area contributed by atoms with Crippen LogP contribution in [0.4, 0.5) is 0 Å². The molecule has 2 rings (SSSR count). The molecule has 10 nitrogen and oxygen atoms in total. The number of hydrogen-bond acceptors (Lipinski definition) is 6. The Labute approximate surface area is 164 Å². The van der Waals surface area contributed by atoms with Gasteiger partial charge in [-0.05, 0) is 37.1 Å². The number of rotatable bonds is 5. The fraction of sp³-hybridized carbons (Fsp3) is 0.105. The summed E-state index contributed by atoms with van der Waals surface area (Å²) in [7, 11) is 0. The molecule has 150 valence electrons. The Morgan fingerprint density at radius 3 is 2.21 bits per heavy atom. The summed E-state index contributed by atoms with van der Waals surface area (Å²) in [6.07, 6.45) is 7.13. The van der Waals surface area contributed by atoms with Crippen LogP contribution in [0.3, 0.4) is 0 Å². The molecule has 1 aliphatic rings. The van der Waals surface area contributed by atoms with E-state index < -0.39 is 35.1 Å². The minimum absolute atomic E-state index is 0.0812. The zero-order chi connectivity index (χ0) is 21.9. The van der Waals surface area contributed by atoms with Crippen LogP contribution in [0.15, 0.2) is 45.8 Å². The molecule has 4 amide bonds. The number of imide groups is 1. The highest BCUT2D eigenvalue weighted by Crippen LogP contribution is 2.20. The van der Waals surface area contributed by atoms with Gasteiger partial charge >= 0.3 is 0 Å². The standard InChI is InChI=1S/C19H18N4O6/c1-8-10(16(26)22-18(28)12(8)14(20)24)6-4-3-5-7-11-9(2)13(15(21)25)19(29)23-17(11)27/h3-7H,1-2H3,(H2,20,24)(H2,21,25)(H,22,26,28)(H2,23,27,29). The number of amides is 4. The number of nitrogens with two attached hydrogens (primary N) is 2. The number of nitrogens with one attached hydrogen (secondary N) is 2. The van der Waals surface area contributed by atoms with Gasteiger partial charge in [0, 0.05) is 11.1 Å². The van der Waals surface area contributed by atoms with Crippen molar-refractivity contribution in [2.75, 3.05) is 0 Å². The van der Waals surface area contributed by atoms with Crippen LogP contribution < -0.4 is 22.3 Å². The molecule has 0 saturated heterocycles. The molecular weight excluding hydrogens is 380 g/mol. The summed E-state index contributed by atoms with van der Waals surface area (Å²) in [4.78, 5) is 60.5. The number of pyridine rings is 1. The fourth-order valence-electron chi connectivity index (χ4n) is 2.80. The number of H-pyrrole nitrogens is 1. The van der Waals surface area contributed by atoms with Crippen molar-refractivity contribution >= 4 is 29.7 Å². The lowest BCUT2D eigenvalue weighted by molar-refractivity contribution is -0.128. The summed E-state index contributed by atoms with van der Waals surface area (Å²) in [5, 5.41) is 11.7. The average Bonchev–Trinajstić information content (AvgIpc) is 2.58. The van der Waals surface area contributed by atoms with Crippen LogP contribution in [0.25, 0.3) is 6.08 Å². The second-order valence-corrected chi connectivity index (χ2v) is 6.05. The minimum Gasteiger partial charge on any atom is -0.494 e. The smallest absolute Gasteiger partial charge is 0.263 e. The molecule has 0 bridgehead atoms. The molecule has 0 atom stereocenters. The fourth-order valence-corrected chi connectivity index (χ4v) is 2.80. The van der Waals surface area contributed by atoms with Crippen molar-refractivity contribution < 1.29 is 24.3 Å². The van der Waals surface area contributed by atoms with Crippen molar-refractivity contribution in [1.82, 2.24) is 10.3 Å². The second kappa shape index (κ2) is 8.21. The highest BCUT2D eigenvalue weighted by atomic mass is 16.3. The third-order valence-corrected chi connectivity index (χ3v) is 4.21. The third kappa shape index (κ3) is 4.21. The van der Waals surface area contributed by atoms with Crippen molar-refractivity contribution in [2.24, 2.45) is 11.5 Å². The van der Waals surface area contributed by atoms with Crippen LogP contribution in [0.1, 0.15) is 28.4 Å². The van der Waals surface area contributed by atoms with Gasteiger partial charge in [-0.2, -0.15) is 0 Å². The maximum Gasteiger partial charge on any atom is 0.263 e. The zero-order valence-corrected chi connectivity index (χ0v) is 15.5. The summed E-state index contributed by atoms with van der Waals surface area (Å²) in [6, 6.07) is 0. The van der Waals surface area contributed by atoms with E-state index in [1.54, 1.807) is 0 Å². The normalized spacial score (nSPS) is 16.1. The molecule has 1 aromatic heterocycles. The molecule has 0 aliphatic carbocycles. The van der Waals surface area contributed by atoms with E-state index in [1.807, 2.05) is 5.32 Å². The monoisotopic (exact) mass is 398 g/mol. The van der Waals surface area contributed by atoms with Crippen LogP contribution in [-0.4, -0.2) is 33.7 Å². The van der Waals surface area contributed by atoms with Crippen molar-refractivity contribution in [3.8, 4) is 5.88 Å². The molecule has 0 spiro atoms. The topological polar surface area (TPSA) is 185 Å². The van der Waals surface area contributed by atoms with Crippen molar-refractivity contribution in [2.45, 2.75) is 13.8 Å². The van der Waals surface area contributed by atoms with Gasteiger partial charge in [-0.15, -0.1) is 0 Å². The Kier molecular flexibility index (Phi) is 5.97. The first-order valence-electron chi connectivity index (χ1n) is 8.23.